The molecule has 1 aromatic carbocycles. The van der Waals surface area contributed by atoms with Crippen LogP contribution in [0, 0.1) is 0 Å². The fourth-order valence-electron chi connectivity index (χ4n) is 1.77. The molecule has 0 aliphatic heterocycles. The summed E-state index contributed by atoms with van der Waals surface area (Å²) >= 11 is 0. The minimum Gasteiger partial charge on any atom is -0.497 e. The second-order valence-corrected chi connectivity index (χ2v) is 4.01. The van der Waals surface area contributed by atoms with Crippen molar-refractivity contribution in [3.05, 3.63) is 30.5 Å². The van der Waals surface area contributed by atoms with Gasteiger partial charge in [-0.05, 0) is 45.1 Å². The molecule has 0 aliphatic rings. The average Bonchev–Trinajstić information content (AvgIpc) is 2.75. The highest BCUT2D eigenvalue weighted by Crippen LogP contribution is 2.22. The number of rotatable bonds is 4. The summed E-state index contributed by atoms with van der Waals surface area (Å²) in [6, 6.07) is 5.65. The highest BCUT2D eigenvalue weighted by molar-refractivity contribution is 5.81. The van der Waals surface area contributed by atoms with Crippen molar-refractivity contribution in [2.45, 2.75) is 19.5 Å². The summed E-state index contributed by atoms with van der Waals surface area (Å²) < 4.78 is 73.0. The largest absolute Gasteiger partial charge is 0.497 e. The Morgan fingerprint density at radius 2 is 2.29 bits per heavy atom. The van der Waals surface area contributed by atoms with Crippen LogP contribution >= 0.6 is 0 Å². The highest BCUT2D eigenvalue weighted by Gasteiger charge is 2.08. The van der Waals surface area contributed by atoms with Gasteiger partial charge in [-0.15, -0.1) is 0 Å². The van der Waals surface area contributed by atoms with Crippen LogP contribution < -0.4 is 4.74 Å². The Morgan fingerprint density at radius 1 is 1.41 bits per heavy atom. The Balaban J connectivity index is 2.28. The van der Waals surface area contributed by atoms with Crippen LogP contribution in [0.15, 0.2) is 30.5 Å². The maximum Gasteiger partial charge on any atom is 0.119 e. The normalized spacial score (nSPS) is 23.3. The van der Waals surface area contributed by atoms with Crippen LogP contribution in [0.2, 0.25) is 0 Å². The van der Waals surface area contributed by atoms with Gasteiger partial charge in [0.05, 0.1) is 11.2 Å². The fourth-order valence-corrected chi connectivity index (χ4v) is 1.77. The van der Waals surface area contributed by atoms with Crippen LogP contribution in [0.1, 0.15) is 19.3 Å². The minimum absolute atomic E-state index is 0.139. The van der Waals surface area contributed by atoms with E-state index in [2.05, 4.69) is 0 Å². The zero-order valence-electron chi connectivity index (χ0n) is 18.5. The van der Waals surface area contributed by atoms with E-state index in [-0.39, 0.29) is 12.3 Å². The predicted molar refractivity (Wildman–Crippen MR) is 71.6 cm³/mol. The molecule has 0 saturated heterocycles. The first-order valence-corrected chi connectivity index (χ1v) is 5.26. The highest BCUT2D eigenvalue weighted by atomic mass is 16.5. The van der Waals surface area contributed by atoms with Gasteiger partial charge < -0.3 is 14.2 Å². The van der Waals surface area contributed by atoms with E-state index in [0.29, 0.717) is 15.8 Å². The molecule has 0 N–H and O–H groups in total. The van der Waals surface area contributed by atoms with Crippen molar-refractivity contribution in [2.75, 3.05) is 21.0 Å². The van der Waals surface area contributed by atoms with Crippen molar-refractivity contribution in [3.63, 3.8) is 0 Å². The standard InChI is InChI=1S/C14H20N2O/c1-11(15(2)3)10-16-8-7-12-9-13(17-4)5-6-14(12)16/h5-9,11H,10H2,1-4H3/t11-/m1/s1/i2D3,3D3,4D3. The maximum atomic E-state index is 7.50. The second-order valence-electron chi connectivity index (χ2n) is 4.01. The zero-order valence-corrected chi connectivity index (χ0v) is 9.47. The molecule has 3 heteroatoms. The van der Waals surface area contributed by atoms with Gasteiger partial charge >= 0.3 is 0 Å². The van der Waals surface area contributed by atoms with E-state index in [0.717, 1.165) is 0 Å². The molecule has 17 heavy (non-hydrogen) atoms. The van der Waals surface area contributed by atoms with E-state index in [1.807, 2.05) is 0 Å². The average molecular weight is 241 g/mol. The van der Waals surface area contributed by atoms with E-state index in [9.17, 15) is 0 Å². The first kappa shape index (κ1) is 5.02. The lowest BCUT2D eigenvalue weighted by Gasteiger charge is -2.20. The summed E-state index contributed by atoms with van der Waals surface area (Å²) in [5.41, 5.74) is 0.714. The van der Waals surface area contributed by atoms with Crippen molar-refractivity contribution < 1.29 is 17.1 Å². The molecule has 0 saturated carbocycles. The van der Waals surface area contributed by atoms with Crippen LogP contribution in [0.25, 0.3) is 10.9 Å². The van der Waals surface area contributed by atoms with Crippen molar-refractivity contribution in [3.8, 4) is 5.75 Å². The van der Waals surface area contributed by atoms with Gasteiger partial charge in [-0.3, -0.25) is 0 Å². The van der Waals surface area contributed by atoms with Crippen LogP contribution in [-0.4, -0.2) is 36.5 Å². The first-order chi connectivity index (χ1) is 11.7. The Labute approximate surface area is 115 Å². The Morgan fingerprint density at radius 3 is 3.06 bits per heavy atom. The van der Waals surface area contributed by atoms with Crippen LogP contribution in [-0.2, 0) is 6.54 Å². The topological polar surface area (TPSA) is 17.4 Å². The van der Waals surface area contributed by atoms with Gasteiger partial charge in [0.1, 0.15) is 5.75 Å². The van der Waals surface area contributed by atoms with Crippen molar-refractivity contribution in [2.24, 2.45) is 0 Å². The monoisotopic (exact) mass is 241 g/mol. The summed E-state index contributed by atoms with van der Waals surface area (Å²) in [5.74, 6) is 0.190. The molecule has 0 aliphatic carbocycles. The molecule has 0 radical (unpaired) electrons. The molecule has 2 rings (SSSR count). The Kier molecular flexibility index (Phi) is 1.42. The molecular formula is C14H20N2O. The Bertz CT molecular complexity index is 746. The van der Waals surface area contributed by atoms with Crippen LogP contribution in [0.5, 0.6) is 5.75 Å². The van der Waals surface area contributed by atoms with E-state index in [1.165, 1.54) is 13.0 Å². The summed E-state index contributed by atoms with van der Waals surface area (Å²) in [4.78, 5) is 0.540. The first-order valence-electron chi connectivity index (χ1n) is 9.76. The number of ether oxygens (including phenoxy) is 1. The molecule has 2 aromatic rings. The number of benzene rings is 1. The summed E-state index contributed by atoms with van der Waals surface area (Å²) in [6.07, 6.45) is 1.69. The number of likely N-dealkylation sites (N-methyl/N-ethyl adjacent to an activating group) is 1. The van der Waals surface area contributed by atoms with E-state index >= 15 is 0 Å². The van der Waals surface area contributed by atoms with Crippen molar-refractivity contribution in [1.82, 2.24) is 9.47 Å². The van der Waals surface area contributed by atoms with Gasteiger partial charge in [0, 0.05) is 37.9 Å². The summed E-state index contributed by atoms with van der Waals surface area (Å²) in [6.45, 7) is -3.83. The smallest absolute Gasteiger partial charge is 0.119 e. The van der Waals surface area contributed by atoms with Gasteiger partial charge in [-0.25, -0.2) is 0 Å². The third kappa shape index (κ3) is 2.44. The van der Waals surface area contributed by atoms with E-state index in [4.69, 9.17) is 17.1 Å². The molecule has 0 bridgehead atoms. The molecule has 0 fully saturated rings. The van der Waals surface area contributed by atoms with Gasteiger partial charge in [0.15, 0.2) is 0 Å². The lowest BCUT2D eigenvalue weighted by Crippen LogP contribution is -2.28. The number of methoxy groups -OCH3 is 1. The molecule has 0 unspecified atom stereocenters. The van der Waals surface area contributed by atoms with Crippen molar-refractivity contribution >= 4 is 10.9 Å². The third-order valence-corrected chi connectivity index (χ3v) is 2.76. The minimum atomic E-state index is -2.76. The van der Waals surface area contributed by atoms with Gasteiger partial charge in [-0.2, -0.15) is 0 Å². The molecular weight excluding hydrogens is 212 g/mol. The van der Waals surface area contributed by atoms with Crippen molar-refractivity contribution in [1.29, 1.82) is 0 Å². The van der Waals surface area contributed by atoms with E-state index < -0.39 is 27.0 Å². The van der Waals surface area contributed by atoms with Crippen LogP contribution in [0.3, 0.4) is 0 Å². The third-order valence-electron chi connectivity index (χ3n) is 2.76. The molecule has 3 nitrogen and oxygen atoms in total. The second kappa shape index (κ2) is 4.80. The fraction of sp³-hybridized carbons (Fsp3) is 0.429. The molecule has 1 atom stereocenters. The predicted octanol–water partition coefficient (Wildman–Crippen LogP) is 2.60. The SMILES string of the molecule is [2H]C([2H])([2H])Oc1ccc2c(ccn2C[C@@H](C)N(C([2H])([2H])[2H])C([2H])([2H])[2H])c1. The lowest BCUT2D eigenvalue weighted by atomic mass is 10.2. The number of aromatic nitrogens is 1. The lowest BCUT2D eigenvalue weighted by molar-refractivity contribution is 0.286. The number of hydrogen-bond acceptors (Lipinski definition) is 2. The van der Waals surface area contributed by atoms with Gasteiger partial charge in [0.25, 0.3) is 0 Å². The van der Waals surface area contributed by atoms with Crippen LogP contribution in [0.4, 0.5) is 0 Å². The molecule has 92 valence electrons. The number of nitrogens with zero attached hydrogens (tertiary/aromatic N) is 2. The maximum absolute atomic E-state index is 7.50. The number of hydrogen-bond donors (Lipinski definition) is 0. The number of fused-ring (bicyclic) bond motifs is 1. The quantitative estimate of drug-likeness (QED) is 0.818. The van der Waals surface area contributed by atoms with Gasteiger partial charge in [0.2, 0.25) is 0 Å². The molecule has 1 heterocycles. The Hall–Kier alpha value is -1.48. The summed E-state index contributed by atoms with van der Waals surface area (Å²) in [7, 11) is -2.55. The molecule has 1 aromatic heterocycles. The zero-order chi connectivity index (χ0) is 19.9. The summed E-state index contributed by atoms with van der Waals surface area (Å²) in [5, 5.41) is 0.702. The molecule has 0 spiro atoms. The van der Waals surface area contributed by atoms with Gasteiger partial charge in [-0.1, -0.05) is 0 Å². The van der Waals surface area contributed by atoms with E-state index in [1.54, 1.807) is 29.0 Å². The molecule has 0 amide bonds.